The van der Waals surface area contributed by atoms with Crippen molar-refractivity contribution in [2.24, 2.45) is 0 Å². The largest absolute Gasteiger partial charge is 0.461 e. The van der Waals surface area contributed by atoms with Crippen LogP contribution in [0, 0.1) is 10.5 Å². The van der Waals surface area contributed by atoms with Gasteiger partial charge in [-0.1, -0.05) is 6.92 Å². The lowest BCUT2D eigenvalue weighted by Crippen LogP contribution is -2.07. The molecule has 0 radical (unpaired) electrons. The zero-order valence-electron chi connectivity index (χ0n) is 9.83. The van der Waals surface area contributed by atoms with Crippen molar-refractivity contribution >= 4 is 28.4 Å². The maximum absolute atomic E-state index is 5.32. The molecule has 0 amide bonds. The molecule has 0 bridgehead atoms. The number of halogens is 1. The third-order valence-corrected chi connectivity index (χ3v) is 3.59. The lowest BCUT2D eigenvalue weighted by Gasteiger charge is -2.09. The highest BCUT2D eigenvalue weighted by Crippen LogP contribution is 2.23. The summed E-state index contributed by atoms with van der Waals surface area (Å²) in [7, 11) is 0. The molecular weight excluding hydrogens is 329 g/mol. The summed E-state index contributed by atoms with van der Waals surface area (Å²) in [4.78, 5) is 8.92. The molecule has 0 aliphatic heterocycles. The molecule has 2 aromatic heterocycles. The molecule has 0 unspecified atom stereocenters. The maximum Gasteiger partial charge on any atom is 0.197 e. The third kappa shape index (κ3) is 2.77. The normalized spacial score (nSPS) is 10.5. The van der Waals surface area contributed by atoms with Crippen molar-refractivity contribution in [3.63, 3.8) is 0 Å². The summed E-state index contributed by atoms with van der Waals surface area (Å²) in [6.07, 6.45) is 2.69. The topological polar surface area (TPSA) is 51.0 Å². The molecule has 2 heterocycles. The van der Waals surface area contributed by atoms with Crippen LogP contribution in [0.15, 0.2) is 22.8 Å². The Morgan fingerprint density at radius 1 is 1.41 bits per heavy atom. The van der Waals surface area contributed by atoms with E-state index in [1.54, 1.807) is 6.26 Å². The Hall–Kier alpha value is -1.11. The second kappa shape index (κ2) is 5.48. The van der Waals surface area contributed by atoms with Gasteiger partial charge >= 0.3 is 0 Å². The Morgan fingerprint density at radius 3 is 2.88 bits per heavy atom. The number of nitrogens with one attached hydrogen (secondary N) is 1. The predicted octanol–water partition coefficient (Wildman–Crippen LogP) is 3.47. The van der Waals surface area contributed by atoms with Crippen LogP contribution in [0.1, 0.15) is 19.0 Å². The highest BCUT2D eigenvalue weighted by Gasteiger charge is 2.11. The lowest BCUT2D eigenvalue weighted by atomic mass is 10.3. The molecule has 5 heteroatoms. The Balaban J connectivity index is 2.39. The number of aromatic nitrogens is 2. The zero-order chi connectivity index (χ0) is 12.3. The molecule has 2 rings (SSSR count). The van der Waals surface area contributed by atoms with Gasteiger partial charge in [-0.15, -0.1) is 0 Å². The van der Waals surface area contributed by atoms with Gasteiger partial charge in [-0.05, 0) is 48.1 Å². The highest BCUT2D eigenvalue weighted by molar-refractivity contribution is 14.1. The van der Waals surface area contributed by atoms with Gasteiger partial charge in [0, 0.05) is 6.54 Å². The quantitative estimate of drug-likeness (QED) is 0.864. The van der Waals surface area contributed by atoms with Gasteiger partial charge in [-0.3, -0.25) is 0 Å². The Bertz CT molecular complexity index is 497. The number of aryl methyl sites for hydroxylation is 1. The number of hydrogen-bond donors (Lipinski definition) is 1. The summed E-state index contributed by atoms with van der Waals surface area (Å²) < 4.78 is 6.38. The molecule has 0 aromatic carbocycles. The van der Waals surface area contributed by atoms with Crippen LogP contribution >= 0.6 is 22.6 Å². The van der Waals surface area contributed by atoms with Gasteiger partial charge in [0.25, 0.3) is 0 Å². The summed E-state index contributed by atoms with van der Waals surface area (Å²) in [5.41, 5.74) is 0.964. The molecule has 0 saturated carbocycles. The molecule has 0 saturated heterocycles. The minimum atomic E-state index is 0.631. The molecule has 0 atom stereocenters. The monoisotopic (exact) mass is 343 g/mol. The van der Waals surface area contributed by atoms with Crippen molar-refractivity contribution in [2.45, 2.75) is 20.3 Å². The SMILES string of the molecule is CCCNc1nc(-c2ccco2)nc(C)c1I. The van der Waals surface area contributed by atoms with Crippen molar-refractivity contribution in [1.82, 2.24) is 9.97 Å². The fourth-order valence-corrected chi connectivity index (χ4v) is 1.87. The minimum absolute atomic E-state index is 0.631. The third-order valence-electron chi connectivity index (χ3n) is 2.30. The number of nitrogens with zero attached hydrogens (tertiary/aromatic N) is 2. The van der Waals surface area contributed by atoms with Gasteiger partial charge in [-0.25, -0.2) is 9.97 Å². The number of furan rings is 1. The van der Waals surface area contributed by atoms with Crippen LogP contribution in [0.5, 0.6) is 0 Å². The van der Waals surface area contributed by atoms with Crippen LogP contribution in [0.4, 0.5) is 5.82 Å². The molecule has 4 nitrogen and oxygen atoms in total. The van der Waals surface area contributed by atoms with Gasteiger partial charge in [0.1, 0.15) is 5.82 Å². The Morgan fingerprint density at radius 2 is 2.24 bits per heavy atom. The molecule has 2 aromatic rings. The van der Waals surface area contributed by atoms with Crippen molar-refractivity contribution in [1.29, 1.82) is 0 Å². The standard InChI is InChI=1S/C12H14IN3O/c1-3-6-14-12-10(13)8(2)15-11(16-12)9-5-4-7-17-9/h4-5,7H,3,6H2,1-2H3,(H,14,15,16). The van der Waals surface area contributed by atoms with Crippen molar-refractivity contribution in [3.05, 3.63) is 27.7 Å². The van der Waals surface area contributed by atoms with Gasteiger partial charge in [-0.2, -0.15) is 0 Å². The van der Waals surface area contributed by atoms with E-state index in [-0.39, 0.29) is 0 Å². The summed E-state index contributed by atoms with van der Waals surface area (Å²) in [5.74, 6) is 2.21. The van der Waals surface area contributed by atoms with Crippen LogP contribution in [-0.2, 0) is 0 Å². The molecule has 0 spiro atoms. The number of hydrogen-bond acceptors (Lipinski definition) is 4. The maximum atomic E-state index is 5.32. The molecule has 17 heavy (non-hydrogen) atoms. The van der Waals surface area contributed by atoms with E-state index in [9.17, 15) is 0 Å². The van der Waals surface area contributed by atoms with Gasteiger partial charge in [0.15, 0.2) is 11.6 Å². The van der Waals surface area contributed by atoms with Crippen LogP contribution in [0.25, 0.3) is 11.6 Å². The molecular formula is C12H14IN3O. The van der Waals surface area contributed by atoms with Crippen LogP contribution < -0.4 is 5.32 Å². The van der Waals surface area contributed by atoms with Gasteiger partial charge in [0.2, 0.25) is 0 Å². The predicted molar refractivity (Wildman–Crippen MR) is 76.0 cm³/mol. The molecule has 0 aliphatic rings. The molecule has 0 aliphatic carbocycles. The summed E-state index contributed by atoms with van der Waals surface area (Å²) in [5, 5.41) is 3.31. The van der Waals surface area contributed by atoms with Crippen molar-refractivity contribution in [3.8, 4) is 11.6 Å². The second-order valence-corrected chi connectivity index (χ2v) is 4.78. The first-order valence-corrected chi connectivity index (χ1v) is 6.62. The van der Waals surface area contributed by atoms with Crippen LogP contribution in [0.3, 0.4) is 0 Å². The number of rotatable bonds is 4. The van der Waals surface area contributed by atoms with Crippen LogP contribution in [0.2, 0.25) is 0 Å². The van der Waals surface area contributed by atoms with E-state index in [1.165, 1.54) is 0 Å². The zero-order valence-corrected chi connectivity index (χ0v) is 12.0. The van der Waals surface area contributed by atoms with E-state index in [0.717, 1.165) is 28.0 Å². The molecule has 0 fully saturated rings. The minimum Gasteiger partial charge on any atom is -0.461 e. The fourth-order valence-electron chi connectivity index (χ4n) is 1.44. The van der Waals surface area contributed by atoms with Crippen molar-refractivity contribution < 1.29 is 4.42 Å². The highest BCUT2D eigenvalue weighted by atomic mass is 127. The van der Waals surface area contributed by atoms with E-state index in [1.807, 2.05) is 19.1 Å². The average molecular weight is 343 g/mol. The first-order chi connectivity index (χ1) is 8.22. The first kappa shape index (κ1) is 12.3. The lowest BCUT2D eigenvalue weighted by molar-refractivity contribution is 0.577. The van der Waals surface area contributed by atoms with Gasteiger partial charge in [0.05, 0.1) is 15.5 Å². The fraction of sp³-hybridized carbons (Fsp3) is 0.333. The summed E-state index contributed by atoms with van der Waals surface area (Å²) in [6.45, 7) is 5.01. The first-order valence-electron chi connectivity index (χ1n) is 5.54. The van der Waals surface area contributed by atoms with E-state index in [0.29, 0.717) is 11.6 Å². The summed E-state index contributed by atoms with van der Waals surface area (Å²) in [6, 6.07) is 3.70. The Kier molecular flexibility index (Phi) is 3.98. The molecule has 90 valence electrons. The number of anilines is 1. The van der Waals surface area contributed by atoms with E-state index >= 15 is 0 Å². The van der Waals surface area contributed by atoms with Gasteiger partial charge < -0.3 is 9.73 Å². The van der Waals surface area contributed by atoms with E-state index in [2.05, 4.69) is 44.8 Å². The molecule has 1 N–H and O–H groups in total. The van der Waals surface area contributed by atoms with E-state index in [4.69, 9.17) is 4.42 Å². The van der Waals surface area contributed by atoms with Crippen molar-refractivity contribution in [2.75, 3.05) is 11.9 Å². The average Bonchev–Trinajstić information content (AvgIpc) is 2.84. The second-order valence-electron chi connectivity index (χ2n) is 3.70. The van der Waals surface area contributed by atoms with Crippen LogP contribution in [-0.4, -0.2) is 16.5 Å². The summed E-state index contributed by atoms with van der Waals surface area (Å²) >= 11 is 2.26. The smallest absolute Gasteiger partial charge is 0.197 e. The van der Waals surface area contributed by atoms with E-state index < -0.39 is 0 Å². The Labute approximate surface area is 114 Å².